The standard InChI is InChI=1S/C9H23NO5P2S/c1-6-12-16(11,13-7-2)10-17(18-5,14-8-3)15-9-4/h6-9H2,1-5H3. The van der Waals surface area contributed by atoms with Crippen molar-refractivity contribution in [3.63, 3.8) is 0 Å². The van der Waals surface area contributed by atoms with Crippen LogP contribution in [-0.2, 0) is 22.7 Å². The van der Waals surface area contributed by atoms with E-state index in [0.717, 1.165) is 0 Å². The predicted octanol–water partition coefficient (Wildman–Crippen LogP) is 4.55. The van der Waals surface area contributed by atoms with Crippen LogP contribution >= 0.6 is 25.8 Å². The molecule has 18 heavy (non-hydrogen) atoms. The van der Waals surface area contributed by atoms with E-state index in [9.17, 15) is 4.57 Å². The summed E-state index contributed by atoms with van der Waals surface area (Å²) < 4.78 is 37.9. The molecule has 0 bridgehead atoms. The van der Waals surface area contributed by atoms with Crippen LogP contribution in [0.25, 0.3) is 0 Å². The van der Waals surface area contributed by atoms with Crippen molar-refractivity contribution in [2.75, 3.05) is 32.7 Å². The zero-order chi connectivity index (χ0) is 14.1. The second-order valence-corrected chi connectivity index (χ2v) is 9.35. The Morgan fingerprint density at radius 1 is 0.889 bits per heavy atom. The van der Waals surface area contributed by atoms with Gasteiger partial charge in [-0.2, -0.15) is 0 Å². The minimum Gasteiger partial charge on any atom is -0.316 e. The van der Waals surface area contributed by atoms with Crippen LogP contribution in [0, 0.1) is 0 Å². The summed E-state index contributed by atoms with van der Waals surface area (Å²) in [5, 5.41) is 0. The van der Waals surface area contributed by atoms with Crippen LogP contribution in [0.3, 0.4) is 0 Å². The fourth-order valence-electron chi connectivity index (χ4n) is 1.11. The minimum atomic E-state index is -3.51. The molecule has 0 rings (SSSR count). The lowest BCUT2D eigenvalue weighted by molar-refractivity contribution is 0.219. The van der Waals surface area contributed by atoms with Gasteiger partial charge in [-0.05, 0) is 34.0 Å². The van der Waals surface area contributed by atoms with E-state index in [1.54, 1.807) is 13.8 Å². The molecule has 0 heterocycles. The van der Waals surface area contributed by atoms with Crippen molar-refractivity contribution in [1.29, 1.82) is 0 Å². The molecule has 0 saturated carbocycles. The molecule has 0 fully saturated rings. The van der Waals surface area contributed by atoms with Crippen LogP contribution in [0.15, 0.2) is 4.52 Å². The SMILES string of the molecule is CCOP(=O)(N=P(OCC)(OCC)SC)OCC. The maximum absolute atomic E-state index is 12.4. The highest BCUT2D eigenvalue weighted by molar-refractivity contribution is 8.55. The molecule has 0 aromatic heterocycles. The van der Waals surface area contributed by atoms with Crippen LogP contribution in [-0.4, -0.2) is 32.7 Å². The molecule has 0 radical (unpaired) electrons. The van der Waals surface area contributed by atoms with Gasteiger partial charge < -0.3 is 9.05 Å². The Kier molecular flexibility index (Phi) is 9.88. The van der Waals surface area contributed by atoms with Crippen LogP contribution in [0.5, 0.6) is 0 Å². The Hall–Kier alpha value is 0.650. The molecule has 0 N–H and O–H groups in total. The molecular weight excluding hydrogens is 296 g/mol. The van der Waals surface area contributed by atoms with Crippen molar-refractivity contribution in [2.45, 2.75) is 27.7 Å². The Balaban J connectivity index is 5.37. The maximum atomic E-state index is 12.4. The van der Waals surface area contributed by atoms with E-state index in [1.165, 1.54) is 11.4 Å². The van der Waals surface area contributed by atoms with Gasteiger partial charge in [0.15, 0.2) is 0 Å². The fourth-order valence-corrected chi connectivity index (χ4v) is 7.69. The average Bonchev–Trinajstić information content (AvgIpc) is 2.30. The van der Waals surface area contributed by atoms with E-state index < -0.39 is 14.5 Å². The van der Waals surface area contributed by atoms with E-state index in [-0.39, 0.29) is 13.2 Å². The zero-order valence-corrected chi connectivity index (χ0v) is 14.2. The molecule has 6 nitrogen and oxygen atoms in total. The quantitative estimate of drug-likeness (QED) is 0.550. The number of nitrogens with zero attached hydrogens (tertiary/aromatic N) is 1. The largest absolute Gasteiger partial charge is 0.457 e. The molecule has 0 spiro atoms. The van der Waals surface area contributed by atoms with Gasteiger partial charge in [-0.25, -0.2) is 4.57 Å². The lowest BCUT2D eigenvalue weighted by Crippen LogP contribution is -1.97. The van der Waals surface area contributed by atoms with E-state index in [2.05, 4.69) is 4.52 Å². The van der Waals surface area contributed by atoms with Crippen LogP contribution < -0.4 is 0 Å². The predicted molar refractivity (Wildman–Crippen MR) is 77.0 cm³/mol. The molecule has 0 aromatic carbocycles. The van der Waals surface area contributed by atoms with Crippen molar-refractivity contribution in [1.82, 2.24) is 0 Å². The molecule has 0 unspecified atom stereocenters. The molecule has 0 aliphatic rings. The van der Waals surface area contributed by atoms with Gasteiger partial charge in [-0.15, -0.1) is 4.52 Å². The normalized spacial score (nSPS) is 12.7. The smallest absolute Gasteiger partial charge is 0.316 e. The van der Waals surface area contributed by atoms with E-state index in [0.29, 0.717) is 13.2 Å². The molecule has 110 valence electrons. The highest BCUT2D eigenvalue weighted by atomic mass is 32.7. The molecule has 0 aliphatic heterocycles. The fraction of sp³-hybridized carbons (Fsp3) is 1.00. The number of hydrogen-bond donors (Lipinski definition) is 0. The molecule has 9 heteroatoms. The van der Waals surface area contributed by atoms with Gasteiger partial charge in [0.25, 0.3) is 6.71 Å². The lowest BCUT2D eigenvalue weighted by atomic mass is 10.9. The first kappa shape index (κ1) is 18.7. The summed E-state index contributed by atoms with van der Waals surface area (Å²) in [6.07, 6.45) is 1.81. The third-order valence-electron chi connectivity index (χ3n) is 1.62. The van der Waals surface area contributed by atoms with Gasteiger partial charge in [0.05, 0.1) is 26.4 Å². The molecule has 0 amide bonds. The molecule has 0 aliphatic carbocycles. The lowest BCUT2D eigenvalue weighted by Gasteiger charge is -2.23. The van der Waals surface area contributed by atoms with Crippen molar-refractivity contribution in [3.05, 3.63) is 0 Å². The molecule has 0 aromatic rings. The molecule has 0 saturated heterocycles. The van der Waals surface area contributed by atoms with Gasteiger partial charge in [0, 0.05) is 0 Å². The van der Waals surface area contributed by atoms with E-state index in [4.69, 9.17) is 18.1 Å². The first-order valence-corrected chi connectivity index (χ1v) is 10.8. The Morgan fingerprint density at radius 3 is 1.56 bits per heavy atom. The first-order valence-electron chi connectivity index (χ1n) is 5.89. The third-order valence-corrected chi connectivity index (χ3v) is 8.84. The van der Waals surface area contributed by atoms with Crippen molar-refractivity contribution >= 4 is 25.8 Å². The van der Waals surface area contributed by atoms with Gasteiger partial charge in [-0.1, -0.05) is 11.4 Å². The second-order valence-electron chi connectivity index (χ2n) is 2.88. The van der Waals surface area contributed by atoms with Crippen molar-refractivity contribution < 1.29 is 22.7 Å². The topological polar surface area (TPSA) is 66.4 Å². The maximum Gasteiger partial charge on any atom is 0.457 e. The van der Waals surface area contributed by atoms with Crippen LogP contribution in [0.2, 0.25) is 0 Å². The van der Waals surface area contributed by atoms with Crippen LogP contribution in [0.4, 0.5) is 0 Å². The summed E-state index contributed by atoms with van der Waals surface area (Å²) >= 11 is 1.31. The summed E-state index contributed by atoms with van der Waals surface area (Å²) in [6.45, 7) is 5.89. The minimum absolute atomic E-state index is 0.257. The summed E-state index contributed by atoms with van der Waals surface area (Å²) in [5.74, 6) is 0. The zero-order valence-electron chi connectivity index (χ0n) is 11.6. The Labute approximate surface area is 114 Å². The third kappa shape index (κ3) is 6.20. The number of hydrogen-bond acceptors (Lipinski definition) is 6. The summed E-state index contributed by atoms with van der Waals surface area (Å²) in [7, 11) is -3.51. The van der Waals surface area contributed by atoms with E-state index >= 15 is 0 Å². The van der Waals surface area contributed by atoms with Gasteiger partial charge in [-0.3, -0.25) is 9.05 Å². The van der Waals surface area contributed by atoms with E-state index in [1.807, 2.05) is 20.1 Å². The van der Waals surface area contributed by atoms with Gasteiger partial charge in [0.1, 0.15) is 0 Å². The molecular formula is C9H23NO5P2S. The molecule has 0 atom stereocenters. The van der Waals surface area contributed by atoms with Crippen molar-refractivity contribution in [3.8, 4) is 0 Å². The van der Waals surface area contributed by atoms with Gasteiger partial charge in [0.2, 0.25) is 0 Å². The summed E-state index contributed by atoms with van der Waals surface area (Å²) in [6, 6.07) is 0. The summed E-state index contributed by atoms with van der Waals surface area (Å²) in [5.41, 5.74) is 0. The van der Waals surface area contributed by atoms with Gasteiger partial charge >= 0.3 is 7.75 Å². The second kappa shape index (κ2) is 9.54. The first-order chi connectivity index (χ1) is 8.51. The Morgan fingerprint density at radius 2 is 1.28 bits per heavy atom. The number of rotatable bonds is 10. The summed E-state index contributed by atoms with van der Waals surface area (Å²) in [4.78, 5) is 0. The highest BCUT2D eigenvalue weighted by Crippen LogP contribution is 2.70. The Bertz CT molecular complexity index is 306. The monoisotopic (exact) mass is 319 g/mol. The van der Waals surface area contributed by atoms with Crippen LogP contribution in [0.1, 0.15) is 27.7 Å². The average molecular weight is 319 g/mol. The highest BCUT2D eigenvalue weighted by Gasteiger charge is 2.31. The van der Waals surface area contributed by atoms with Crippen molar-refractivity contribution in [2.24, 2.45) is 4.52 Å².